The van der Waals surface area contributed by atoms with Gasteiger partial charge in [0.05, 0.1) is 16.8 Å². The van der Waals surface area contributed by atoms with Gasteiger partial charge in [-0.2, -0.15) is 11.8 Å². The number of benzene rings is 2. The Balaban J connectivity index is 1.39. The quantitative estimate of drug-likeness (QED) is 0.379. The van der Waals surface area contributed by atoms with Crippen LogP contribution in [0.2, 0.25) is 0 Å². The van der Waals surface area contributed by atoms with Gasteiger partial charge < -0.3 is 10.3 Å². The first kappa shape index (κ1) is 21.4. The van der Waals surface area contributed by atoms with Crippen molar-refractivity contribution < 1.29 is 14.4 Å². The minimum absolute atomic E-state index is 0.334. The van der Waals surface area contributed by atoms with Crippen LogP contribution in [0.25, 0.3) is 22.2 Å². The highest BCUT2D eigenvalue weighted by Gasteiger charge is 2.42. The molecule has 7 nitrogen and oxygen atoms in total. The number of thioether (sulfide) groups is 1. The first-order valence-electron chi connectivity index (χ1n) is 10.4. The third-order valence-corrected chi connectivity index (χ3v) is 7.04. The molecule has 0 saturated carbocycles. The van der Waals surface area contributed by atoms with Gasteiger partial charge in [-0.05, 0) is 36.6 Å². The number of carbonyl (C=O) groups excluding carboxylic acids is 3. The van der Waals surface area contributed by atoms with Crippen molar-refractivity contribution in [2.75, 3.05) is 17.3 Å². The number of hydrogen-bond donors (Lipinski definition) is 2. The van der Waals surface area contributed by atoms with Crippen LogP contribution in [0.4, 0.5) is 5.13 Å². The van der Waals surface area contributed by atoms with E-state index in [0.717, 1.165) is 27.1 Å². The molecule has 5 rings (SSSR count). The molecule has 2 aromatic heterocycles. The Morgan fingerprint density at radius 1 is 1.09 bits per heavy atom. The van der Waals surface area contributed by atoms with Crippen molar-refractivity contribution in [2.45, 2.75) is 12.5 Å². The second-order valence-corrected chi connectivity index (χ2v) is 9.44. The van der Waals surface area contributed by atoms with E-state index >= 15 is 0 Å². The van der Waals surface area contributed by atoms with Crippen molar-refractivity contribution in [1.82, 2.24) is 14.9 Å². The number of H-pyrrole nitrogens is 1. The fourth-order valence-corrected chi connectivity index (χ4v) is 5.20. The molecule has 9 heteroatoms. The molecule has 3 amide bonds. The van der Waals surface area contributed by atoms with Crippen LogP contribution in [0, 0.1) is 0 Å². The van der Waals surface area contributed by atoms with Gasteiger partial charge in [-0.15, -0.1) is 11.3 Å². The summed E-state index contributed by atoms with van der Waals surface area (Å²) in [5.41, 5.74) is 3.37. The summed E-state index contributed by atoms with van der Waals surface area (Å²) < 4.78 is 0. The Morgan fingerprint density at radius 2 is 1.79 bits per heavy atom. The van der Waals surface area contributed by atoms with Crippen LogP contribution >= 0.6 is 23.1 Å². The van der Waals surface area contributed by atoms with E-state index in [4.69, 9.17) is 0 Å². The summed E-state index contributed by atoms with van der Waals surface area (Å²) in [6, 6.07) is 13.7. The second kappa shape index (κ2) is 8.84. The summed E-state index contributed by atoms with van der Waals surface area (Å²) in [4.78, 5) is 48.1. The van der Waals surface area contributed by atoms with Crippen molar-refractivity contribution in [3.63, 3.8) is 0 Å². The van der Waals surface area contributed by atoms with Crippen molar-refractivity contribution in [1.29, 1.82) is 0 Å². The predicted octanol–water partition coefficient (Wildman–Crippen LogP) is 4.65. The van der Waals surface area contributed by atoms with Crippen molar-refractivity contribution in [2.24, 2.45) is 0 Å². The Morgan fingerprint density at radius 3 is 2.52 bits per heavy atom. The van der Waals surface area contributed by atoms with E-state index in [2.05, 4.69) is 15.3 Å². The van der Waals surface area contributed by atoms with Crippen LogP contribution in [0.5, 0.6) is 0 Å². The van der Waals surface area contributed by atoms with Gasteiger partial charge >= 0.3 is 0 Å². The summed E-state index contributed by atoms with van der Waals surface area (Å²) in [5.74, 6) is -0.659. The fraction of sp³-hybridized carbons (Fsp3) is 0.167. The van der Waals surface area contributed by atoms with Crippen LogP contribution in [0.1, 0.15) is 27.1 Å². The lowest BCUT2D eigenvalue weighted by molar-refractivity contribution is -0.120. The van der Waals surface area contributed by atoms with Gasteiger partial charge in [0.25, 0.3) is 11.8 Å². The molecule has 0 aliphatic carbocycles. The maximum atomic E-state index is 13.2. The minimum atomic E-state index is -0.912. The average molecular weight is 477 g/mol. The van der Waals surface area contributed by atoms with Gasteiger partial charge in [0.15, 0.2) is 5.13 Å². The van der Waals surface area contributed by atoms with Gasteiger partial charge in [0, 0.05) is 28.0 Å². The van der Waals surface area contributed by atoms with E-state index in [1.54, 1.807) is 36.0 Å². The molecule has 0 fully saturated rings. The Kier molecular flexibility index (Phi) is 5.74. The first-order valence-corrected chi connectivity index (χ1v) is 12.6. The lowest BCUT2D eigenvalue weighted by Gasteiger charge is -2.24. The minimum Gasteiger partial charge on any atom is -0.360 e. The van der Waals surface area contributed by atoms with E-state index in [0.29, 0.717) is 28.4 Å². The summed E-state index contributed by atoms with van der Waals surface area (Å²) in [6.45, 7) is 0. The molecule has 2 N–H and O–H groups in total. The molecule has 1 aliphatic heterocycles. The summed E-state index contributed by atoms with van der Waals surface area (Å²) in [5, 5.41) is 6.18. The fourth-order valence-electron chi connectivity index (χ4n) is 4.02. The van der Waals surface area contributed by atoms with Gasteiger partial charge in [-0.3, -0.25) is 19.3 Å². The number of nitrogens with one attached hydrogen (secondary N) is 2. The number of carbonyl (C=O) groups is 3. The monoisotopic (exact) mass is 476 g/mol. The molecule has 0 radical (unpaired) electrons. The highest BCUT2D eigenvalue weighted by Crippen LogP contribution is 2.32. The largest absolute Gasteiger partial charge is 0.360 e. The third-order valence-electron chi connectivity index (χ3n) is 5.63. The molecule has 0 spiro atoms. The Labute approximate surface area is 198 Å². The number of fused-ring (bicyclic) bond motifs is 2. The van der Waals surface area contributed by atoms with Crippen molar-refractivity contribution in [3.8, 4) is 11.3 Å². The van der Waals surface area contributed by atoms with Gasteiger partial charge in [0.1, 0.15) is 6.04 Å². The smallest absolute Gasteiger partial charge is 0.262 e. The van der Waals surface area contributed by atoms with Crippen LogP contribution < -0.4 is 5.32 Å². The number of aromatic amines is 1. The van der Waals surface area contributed by atoms with Gasteiger partial charge in [0.2, 0.25) is 5.91 Å². The predicted molar refractivity (Wildman–Crippen MR) is 132 cm³/mol. The van der Waals surface area contributed by atoms with Crippen LogP contribution in [0.15, 0.2) is 60.1 Å². The number of para-hydroxylation sites is 1. The Hall–Kier alpha value is -3.43. The molecule has 33 heavy (non-hydrogen) atoms. The second-order valence-electron chi connectivity index (χ2n) is 7.60. The lowest BCUT2D eigenvalue weighted by Crippen LogP contribution is -2.47. The van der Waals surface area contributed by atoms with Crippen LogP contribution in [0.3, 0.4) is 0 Å². The van der Waals surface area contributed by atoms with Crippen LogP contribution in [-0.2, 0) is 4.79 Å². The molecule has 1 unspecified atom stereocenters. The molecule has 0 saturated heterocycles. The number of amides is 3. The van der Waals surface area contributed by atoms with E-state index in [-0.39, 0.29) is 0 Å². The van der Waals surface area contributed by atoms with Crippen molar-refractivity contribution >= 4 is 56.9 Å². The third kappa shape index (κ3) is 3.83. The summed E-state index contributed by atoms with van der Waals surface area (Å²) in [6.07, 6.45) is 4.18. The average Bonchev–Trinajstić information content (AvgIpc) is 3.53. The normalized spacial score (nSPS) is 14.0. The number of aromatic nitrogens is 2. The standard InChI is InChI=1S/C24H20N4O3S2/c1-32-11-10-20(28-22(30)15-7-2-3-8-16(15)23(28)31)21(29)27-24-26-19(13-33-24)17-12-25-18-9-5-4-6-14(17)18/h2-9,12-13,20,25H,10-11H2,1H3,(H,26,27,29). The SMILES string of the molecule is CSCCC(C(=O)Nc1nc(-c2c[nH]c3ccccc23)cs1)N1C(=O)c2ccccc2C1=O. The van der Waals surface area contributed by atoms with E-state index < -0.39 is 23.8 Å². The zero-order valence-electron chi connectivity index (χ0n) is 17.7. The van der Waals surface area contributed by atoms with E-state index in [1.165, 1.54) is 11.3 Å². The van der Waals surface area contributed by atoms with Crippen LogP contribution in [-0.4, -0.2) is 50.6 Å². The number of hydrogen-bond acceptors (Lipinski definition) is 6. The zero-order valence-corrected chi connectivity index (χ0v) is 19.3. The molecule has 0 bridgehead atoms. The number of thiazole rings is 1. The number of nitrogens with zero attached hydrogens (tertiary/aromatic N) is 2. The number of imide groups is 1. The molecule has 2 aromatic carbocycles. The first-order chi connectivity index (χ1) is 16.1. The van der Waals surface area contributed by atoms with Gasteiger partial charge in [-0.1, -0.05) is 30.3 Å². The van der Waals surface area contributed by atoms with Gasteiger partial charge in [-0.25, -0.2) is 4.98 Å². The summed E-state index contributed by atoms with van der Waals surface area (Å²) in [7, 11) is 0. The molecule has 166 valence electrons. The zero-order chi connectivity index (χ0) is 22.9. The Bertz CT molecular complexity index is 1340. The lowest BCUT2D eigenvalue weighted by atomic mass is 10.1. The topological polar surface area (TPSA) is 95.2 Å². The van der Waals surface area contributed by atoms with E-state index in [9.17, 15) is 14.4 Å². The number of anilines is 1. The highest BCUT2D eigenvalue weighted by atomic mass is 32.2. The molecule has 4 aromatic rings. The molecular weight excluding hydrogens is 456 g/mol. The van der Waals surface area contributed by atoms with E-state index in [1.807, 2.05) is 42.1 Å². The molecule has 3 heterocycles. The summed E-state index contributed by atoms with van der Waals surface area (Å²) >= 11 is 2.86. The maximum absolute atomic E-state index is 13.2. The highest BCUT2D eigenvalue weighted by molar-refractivity contribution is 7.98. The maximum Gasteiger partial charge on any atom is 0.262 e. The molecular formula is C24H20N4O3S2. The van der Waals surface area contributed by atoms with Crippen molar-refractivity contribution in [3.05, 3.63) is 71.2 Å². The molecule has 1 aliphatic rings. The molecule has 1 atom stereocenters. The number of rotatable bonds is 7.